The van der Waals surface area contributed by atoms with Crippen LogP contribution in [0.3, 0.4) is 0 Å². The molecule has 4 aromatic rings. The van der Waals surface area contributed by atoms with Crippen LogP contribution in [0.5, 0.6) is 5.75 Å². The topological polar surface area (TPSA) is 54.8 Å². The van der Waals surface area contributed by atoms with Crippen LogP contribution in [0.15, 0.2) is 64.8 Å². The summed E-state index contributed by atoms with van der Waals surface area (Å²) in [5.74, 6) is 0.579. The molecule has 5 rings (SSSR count). The molecule has 40 heavy (non-hydrogen) atoms. The van der Waals surface area contributed by atoms with Crippen LogP contribution in [0.25, 0.3) is 21.0 Å². The van der Waals surface area contributed by atoms with E-state index in [4.69, 9.17) is 4.74 Å². The van der Waals surface area contributed by atoms with Crippen LogP contribution < -0.4 is 15.2 Å². The van der Waals surface area contributed by atoms with Crippen molar-refractivity contribution < 1.29 is 9.53 Å². The molecule has 0 spiro atoms. The monoisotopic (exact) mass is 559 g/mol. The van der Waals surface area contributed by atoms with Crippen molar-refractivity contribution in [2.45, 2.75) is 58.3 Å². The van der Waals surface area contributed by atoms with E-state index in [-0.39, 0.29) is 11.5 Å². The largest absolute Gasteiger partial charge is 0.494 e. The van der Waals surface area contributed by atoms with Gasteiger partial charge in [0.2, 0.25) is 5.91 Å². The van der Waals surface area contributed by atoms with Crippen molar-refractivity contribution in [3.05, 3.63) is 70.3 Å². The second-order valence-electron chi connectivity index (χ2n) is 10.8. The molecular formula is C33H41N3O3S. The first kappa shape index (κ1) is 28.4. The number of thiophene rings is 1. The van der Waals surface area contributed by atoms with Crippen LogP contribution in [0, 0.1) is 0 Å². The van der Waals surface area contributed by atoms with Crippen molar-refractivity contribution in [3.63, 3.8) is 0 Å². The van der Waals surface area contributed by atoms with Gasteiger partial charge in [-0.05, 0) is 73.0 Å². The highest BCUT2D eigenvalue weighted by Gasteiger charge is 2.18. The van der Waals surface area contributed by atoms with Gasteiger partial charge in [0.1, 0.15) is 5.75 Å². The third-order valence-corrected chi connectivity index (χ3v) is 8.82. The molecule has 0 bridgehead atoms. The van der Waals surface area contributed by atoms with Gasteiger partial charge in [-0.25, -0.2) is 4.57 Å². The molecule has 0 unspecified atom stereocenters. The predicted molar refractivity (Wildman–Crippen MR) is 167 cm³/mol. The van der Waals surface area contributed by atoms with Crippen molar-refractivity contribution in [1.82, 2.24) is 9.47 Å². The number of hydrogen-bond acceptors (Lipinski definition) is 6. The first-order valence-corrected chi connectivity index (χ1v) is 15.8. The first-order chi connectivity index (χ1) is 19.6. The Bertz CT molecular complexity index is 1470. The number of carbonyl (C=O) groups excluding carboxylic acids is 1. The number of benzene rings is 2. The number of aromatic nitrogens is 1. The SMILES string of the molecule is CCCCCCCC(=O)n1c(=O)ccc2ccc(OCCCCN3CCN(c4cccc5sccc45)CC3)cc21. The van der Waals surface area contributed by atoms with Gasteiger partial charge in [-0.15, -0.1) is 11.3 Å². The highest BCUT2D eigenvalue weighted by molar-refractivity contribution is 7.17. The molecule has 1 saturated heterocycles. The van der Waals surface area contributed by atoms with Gasteiger partial charge in [0, 0.05) is 60.5 Å². The Hall–Kier alpha value is -3.16. The third-order valence-electron chi connectivity index (χ3n) is 7.94. The normalized spacial score (nSPS) is 14.3. The molecule has 0 N–H and O–H groups in total. The maximum atomic E-state index is 12.9. The first-order valence-electron chi connectivity index (χ1n) is 14.9. The summed E-state index contributed by atoms with van der Waals surface area (Å²) < 4.78 is 8.75. The molecule has 1 aliphatic heterocycles. The number of anilines is 1. The van der Waals surface area contributed by atoms with E-state index in [1.54, 1.807) is 6.07 Å². The van der Waals surface area contributed by atoms with Gasteiger partial charge in [0.15, 0.2) is 0 Å². The molecule has 0 atom stereocenters. The zero-order chi connectivity index (χ0) is 27.7. The summed E-state index contributed by atoms with van der Waals surface area (Å²) in [6.45, 7) is 8.14. The van der Waals surface area contributed by atoms with Crippen LogP contribution in [-0.2, 0) is 0 Å². The fourth-order valence-corrected chi connectivity index (χ4v) is 6.45. The minimum Gasteiger partial charge on any atom is -0.494 e. The van der Waals surface area contributed by atoms with Crippen molar-refractivity contribution in [2.24, 2.45) is 0 Å². The van der Waals surface area contributed by atoms with E-state index in [1.807, 2.05) is 29.5 Å². The number of carbonyl (C=O) groups is 1. The van der Waals surface area contributed by atoms with E-state index in [9.17, 15) is 9.59 Å². The maximum absolute atomic E-state index is 12.9. The fourth-order valence-electron chi connectivity index (χ4n) is 5.64. The minimum atomic E-state index is -0.268. The van der Waals surface area contributed by atoms with Gasteiger partial charge >= 0.3 is 0 Å². The molecule has 3 heterocycles. The number of piperazine rings is 1. The summed E-state index contributed by atoms with van der Waals surface area (Å²) >= 11 is 1.81. The molecule has 212 valence electrons. The molecule has 1 aliphatic rings. The second-order valence-corrected chi connectivity index (χ2v) is 11.7. The van der Waals surface area contributed by atoms with Crippen molar-refractivity contribution >= 4 is 43.9 Å². The highest BCUT2D eigenvalue weighted by Crippen LogP contribution is 2.31. The minimum absolute atomic E-state index is 0.128. The van der Waals surface area contributed by atoms with Crippen LogP contribution in [0.4, 0.5) is 5.69 Å². The van der Waals surface area contributed by atoms with Crippen LogP contribution >= 0.6 is 11.3 Å². The molecule has 6 nitrogen and oxygen atoms in total. The number of hydrogen-bond donors (Lipinski definition) is 0. The Balaban J connectivity index is 1.08. The van der Waals surface area contributed by atoms with E-state index in [0.717, 1.165) is 70.2 Å². The highest BCUT2D eigenvalue weighted by atomic mass is 32.1. The molecule has 0 saturated carbocycles. The summed E-state index contributed by atoms with van der Waals surface area (Å²) in [7, 11) is 0. The number of ether oxygens (including phenoxy) is 1. The van der Waals surface area contributed by atoms with Crippen LogP contribution in [-0.4, -0.2) is 54.7 Å². The fraction of sp³-hybridized carbons (Fsp3) is 0.455. The van der Waals surface area contributed by atoms with Crippen LogP contribution in [0.1, 0.15) is 63.1 Å². The molecule has 2 aromatic heterocycles. The van der Waals surface area contributed by atoms with Gasteiger partial charge in [0.25, 0.3) is 5.56 Å². The van der Waals surface area contributed by atoms with E-state index in [2.05, 4.69) is 46.4 Å². The Morgan fingerprint density at radius 3 is 2.58 bits per heavy atom. The number of unbranched alkanes of at least 4 members (excludes halogenated alkanes) is 5. The Labute approximate surface area is 241 Å². The zero-order valence-corrected chi connectivity index (χ0v) is 24.5. The molecule has 1 fully saturated rings. The van der Waals surface area contributed by atoms with E-state index >= 15 is 0 Å². The number of pyridine rings is 1. The molecule has 0 aliphatic carbocycles. The predicted octanol–water partition coefficient (Wildman–Crippen LogP) is 7.20. The van der Waals surface area contributed by atoms with E-state index in [1.165, 1.54) is 39.2 Å². The maximum Gasteiger partial charge on any atom is 0.257 e. The van der Waals surface area contributed by atoms with Gasteiger partial charge in [0.05, 0.1) is 12.1 Å². The van der Waals surface area contributed by atoms with Gasteiger partial charge in [-0.1, -0.05) is 38.7 Å². The lowest BCUT2D eigenvalue weighted by atomic mass is 10.1. The average molecular weight is 560 g/mol. The quantitative estimate of drug-likeness (QED) is 0.162. The molecule has 0 radical (unpaired) electrons. The van der Waals surface area contributed by atoms with Crippen LogP contribution in [0.2, 0.25) is 0 Å². The number of fused-ring (bicyclic) bond motifs is 2. The molecule has 7 heteroatoms. The lowest BCUT2D eigenvalue weighted by Crippen LogP contribution is -2.46. The molecule has 2 aromatic carbocycles. The summed E-state index contributed by atoms with van der Waals surface area (Å²) in [6.07, 6.45) is 7.77. The Morgan fingerprint density at radius 1 is 0.900 bits per heavy atom. The average Bonchev–Trinajstić information content (AvgIpc) is 3.46. The van der Waals surface area contributed by atoms with E-state index in [0.29, 0.717) is 24.3 Å². The van der Waals surface area contributed by atoms with Crippen molar-refractivity contribution in [2.75, 3.05) is 44.2 Å². The summed E-state index contributed by atoms with van der Waals surface area (Å²) in [5, 5.41) is 4.43. The smallest absolute Gasteiger partial charge is 0.257 e. The van der Waals surface area contributed by atoms with Gasteiger partial charge in [-0.3, -0.25) is 14.5 Å². The lowest BCUT2D eigenvalue weighted by Gasteiger charge is -2.36. The third kappa shape index (κ3) is 6.94. The standard InChI is InChI=1S/C33H41N3O3S/c1-2-3-4-5-6-12-32(37)36-30-25-27(15-13-26(30)14-16-33(36)38)39-23-8-7-18-34-19-21-35(22-20-34)29-10-9-11-31-28(29)17-24-40-31/h9-11,13-17,24-25H,2-8,12,18-23H2,1H3. The van der Waals surface area contributed by atoms with Gasteiger partial charge < -0.3 is 9.64 Å². The summed E-state index contributed by atoms with van der Waals surface area (Å²) in [4.78, 5) is 30.6. The van der Waals surface area contributed by atoms with Crippen molar-refractivity contribution in [1.29, 1.82) is 0 Å². The lowest BCUT2D eigenvalue weighted by molar-refractivity contribution is 0.0900. The number of rotatable bonds is 13. The molecule has 0 amide bonds. The second kappa shape index (κ2) is 14.0. The number of nitrogens with zero attached hydrogens (tertiary/aromatic N) is 3. The zero-order valence-electron chi connectivity index (χ0n) is 23.6. The van der Waals surface area contributed by atoms with E-state index < -0.39 is 0 Å². The summed E-state index contributed by atoms with van der Waals surface area (Å²) in [6, 6.07) is 17.8. The Kier molecular flexibility index (Phi) is 9.90. The Morgan fingerprint density at radius 2 is 1.73 bits per heavy atom. The molecular weight excluding hydrogens is 518 g/mol. The summed E-state index contributed by atoms with van der Waals surface area (Å²) in [5.41, 5.74) is 1.73. The van der Waals surface area contributed by atoms with Crippen molar-refractivity contribution in [3.8, 4) is 5.75 Å². The van der Waals surface area contributed by atoms with Gasteiger partial charge in [-0.2, -0.15) is 0 Å².